The number of nitrogens with one attached hydrogen (secondary N) is 1. The van der Waals surface area contributed by atoms with Gasteiger partial charge in [-0.3, -0.25) is 0 Å². The van der Waals surface area contributed by atoms with Crippen LogP contribution in [0.5, 0.6) is 0 Å². The third-order valence-electron chi connectivity index (χ3n) is 1.53. The Balaban J connectivity index is -0.000000427. The molecule has 0 aromatic heterocycles. The number of carboxylic acid groups (broad SMARTS) is 3. The smallest absolute Gasteiger partial charge is 0.550 e. The summed E-state index contributed by atoms with van der Waals surface area (Å²) in [7, 11) is 0. The molecule has 1 atom stereocenters. The van der Waals surface area contributed by atoms with Crippen LogP contribution in [0.15, 0.2) is 0 Å². The molecule has 0 aliphatic carbocycles. The van der Waals surface area contributed by atoms with Crippen LogP contribution in [0.2, 0.25) is 0 Å². The molecule has 0 amide bonds. The topological polar surface area (TPSA) is 132 Å². The molecule has 0 radical (unpaired) electrons. The SMILES string of the molecule is O=C([O-])CCC(NC(=S)SCC(=O)[O-])C(=O)[O-].[K+].[K+].[Na+]. The van der Waals surface area contributed by atoms with E-state index in [1.807, 2.05) is 0 Å². The predicted octanol–water partition coefficient (Wildman–Crippen LogP) is -13.0. The molecule has 12 heteroatoms. The molecular weight excluding hydrogens is 371 g/mol. The molecular formula is C8H8K2NNaO6S2. The zero-order valence-electron chi connectivity index (χ0n) is 11.5. The van der Waals surface area contributed by atoms with E-state index in [2.05, 4.69) is 17.5 Å². The van der Waals surface area contributed by atoms with Gasteiger partial charge in [-0.05, 0) is 12.8 Å². The molecule has 0 saturated carbocycles. The number of hydrogen-bond donors (Lipinski definition) is 1. The van der Waals surface area contributed by atoms with E-state index >= 15 is 0 Å². The minimum Gasteiger partial charge on any atom is -0.550 e. The Labute approximate surface area is 232 Å². The van der Waals surface area contributed by atoms with Crippen molar-refractivity contribution in [2.45, 2.75) is 18.9 Å². The van der Waals surface area contributed by atoms with Gasteiger partial charge in [-0.2, -0.15) is 0 Å². The Kier molecular flexibility index (Phi) is 28.1. The number of carboxylic acids is 3. The van der Waals surface area contributed by atoms with Gasteiger partial charge in [-0.15, -0.1) is 0 Å². The standard InChI is InChI=1S/C8H11NO6S2.2K.Na/c10-5(11)2-1-4(7(14)15)9-8(16)17-3-6(12)13;;;/h4H,1-3H2,(H,9,16)(H,10,11)(H,12,13)(H,14,15);;;/q;3*+1/p-3. The normalized spacial score (nSPS) is 9.80. The molecule has 0 spiro atoms. The van der Waals surface area contributed by atoms with Crippen molar-refractivity contribution < 1.29 is 162 Å². The first kappa shape index (κ1) is 30.8. The van der Waals surface area contributed by atoms with Crippen LogP contribution in [0, 0.1) is 0 Å². The Morgan fingerprint density at radius 3 is 1.95 bits per heavy atom. The molecule has 0 aromatic carbocycles. The molecule has 96 valence electrons. The molecule has 20 heavy (non-hydrogen) atoms. The van der Waals surface area contributed by atoms with E-state index in [-0.39, 0.29) is 143 Å². The van der Waals surface area contributed by atoms with Crippen molar-refractivity contribution in [3.63, 3.8) is 0 Å². The van der Waals surface area contributed by atoms with Crippen LogP contribution in [0.3, 0.4) is 0 Å². The maximum atomic E-state index is 10.6. The molecule has 0 aliphatic heterocycles. The number of thiocarbonyl (C=S) groups is 1. The summed E-state index contributed by atoms with van der Waals surface area (Å²) in [5.41, 5.74) is 0. The maximum Gasteiger partial charge on any atom is 1.00 e. The van der Waals surface area contributed by atoms with Gasteiger partial charge in [-0.1, -0.05) is 24.0 Å². The van der Waals surface area contributed by atoms with Crippen molar-refractivity contribution in [2.24, 2.45) is 0 Å². The van der Waals surface area contributed by atoms with Crippen molar-refractivity contribution in [3.05, 3.63) is 0 Å². The zero-order chi connectivity index (χ0) is 13.4. The largest absolute Gasteiger partial charge is 1.00 e. The second-order valence-electron chi connectivity index (χ2n) is 2.87. The van der Waals surface area contributed by atoms with Gasteiger partial charge in [0.25, 0.3) is 0 Å². The quantitative estimate of drug-likeness (QED) is 0.338. The second-order valence-corrected chi connectivity index (χ2v) is 4.53. The average molecular weight is 379 g/mol. The van der Waals surface area contributed by atoms with E-state index in [0.717, 1.165) is 0 Å². The molecule has 0 aliphatic rings. The molecule has 0 rings (SSSR count). The summed E-state index contributed by atoms with van der Waals surface area (Å²) in [5.74, 6) is -4.69. The van der Waals surface area contributed by atoms with E-state index in [9.17, 15) is 29.7 Å². The average Bonchev–Trinajstić information content (AvgIpc) is 2.20. The summed E-state index contributed by atoms with van der Waals surface area (Å²) in [5, 5.41) is 33.1. The van der Waals surface area contributed by atoms with Crippen LogP contribution in [0.1, 0.15) is 12.8 Å². The first-order valence-electron chi connectivity index (χ1n) is 4.36. The summed E-state index contributed by atoms with van der Waals surface area (Å²) in [6, 6.07) is -1.30. The monoisotopic (exact) mass is 379 g/mol. The van der Waals surface area contributed by atoms with E-state index in [4.69, 9.17) is 0 Å². The molecule has 7 nitrogen and oxygen atoms in total. The van der Waals surface area contributed by atoms with E-state index in [0.29, 0.717) is 11.8 Å². The Bertz CT molecular complexity index is 347. The number of carbonyl (C=O) groups is 3. The van der Waals surface area contributed by atoms with Gasteiger partial charge in [-0.25, -0.2) is 0 Å². The number of hydrogen-bond acceptors (Lipinski definition) is 8. The summed E-state index contributed by atoms with van der Waals surface area (Å²) in [6.45, 7) is 0. The van der Waals surface area contributed by atoms with Crippen LogP contribution < -0.4 is 153 Å². The number of thioether (sulfide) groups is 1. The minimum atomic E-state index is -1.53. The van der Waals surface area contributed by atoms with E-state index in [1.165, 1.54) is 0 Å². The fourth-order valence-corrected chi connectivity index (χ4v) is 1.61. The fourth-order valence-electron chi connectivity index (χ4n) is 0.820. The van der Waals surface area contributed by atoms with Gasteiger partial charge in [0.2, 0.25) is 0 Å². The fraction of sp³-hybridized carbons (Fsp3) is 0.500. The van der Waals surface area contributed by atoms with Crippen LogP contribution in [-0.4, -0.2) is 34.0 Å². The van der Waals surface area contributed by atoms with E-state index < -0.39 is 36.1 Å². The van der Waals surface area contributed by atoms with Gasteiger partial charge in [0.15, 0.2) is 0 Å². The van der Waals surface area contributed by atoms with Gasteiger partial charge in [0.1, 0.15) is 4.32 Å². The third-order valence-corrected chi connectivity index (χ3v) is 2.77. The van der Waals surface area contributed by atoms with Gasteiger partial charge in [0.05, 0.1) is 18.0 Å². The van der Waals surface area contributed by atoms with Crippen molar-refractivity contribution in [1.82, 2.24) is 5.32 Å². The molecule has 0 saturated heterocycles. The number of aliphatic carboxylic acids is 3. The predicted molar refractivity (Wildman–Crippen MR) is 56.2 cm³/mol. The Hall–Kier alpha value is 2.92. The van der Waals surface area contributed by atoms with Gasteiger partial charge >= 0.3 is 132 Å². The molecule has 0 heterocycles. The summed E-state index contributed by atoms with van der Waals surface area (Å²) >= 11 is 5.32. The summed E-state index contributed by atoms with van der Waals surface area (Å²) in [4.78, 5) is 30.9. The number of carbonyl (C=O) groups excluding carboxylic acids is 3. The third kappa shape index (κ3) is 19.0. The molecule has 1 N–H and O–H groups in total. The first-order valence-corrected chi connectivity index (χ1v) is 5.76. The second kappa shape index (κ2) is 18.3. The van der Waals surface area contributed by atoms with Crippen molar-refractivity contribution >= 4 is 46.2 Å². The summed E-state index contributed by atoms with van der Waals surface area (Å²) in [6.07, 6.45) is -0.740. The van der Waals surface area contributed by atoms with Crippen LogP contribution in [0.25, 0.3) is 0 Å². The van der Waals surface area contributed by atoms with Crippen LogP contribution in [0.4, 0.5) is 0 Å². The van der Waals surface area contributed by atoms with Crippen LogP contribution >= 0.6 is 24.0 Å². The molecule has 0 aromatic rings. The van der Waals surface area contributed by atoms with Crippen molar-refractivity contribution in [2.75, 3.05) is 5.75 Å². The summed E-state index contributed by atoms with van der Waals surface area (Å²) < 4.78 is -0.0817. The molecule has 0 fully saturated rings. The molecule has 0 bridgehead atoms. The van der Waals surface area contributed by atoms with E-state index in [1.54, 1.807) is 0 Å². The zero-order valence-corrected chi connectivity index (χ0v) is 21.3. The number of rotatable bonds is 7. The van der Waals surface area contributed by atoms with Gasteiger partial charge < -0.3 is 35.0 Å². The maximum absolute atomic E-state index is 10.6. The minimum absolute atomic E-state index is 0. The van der Waals surface area contributed by atoms with Gasteiger partial charge in [0, 0.05) is 11.7 Å². The molecule has 1 unspecified atom stereocenters. The Morgan fingerprint density at radius 2 is 1.60 bits per heavy atom. The van der Waals surface area contributed by atoms with Crippen molar-refractivity contribution in [1.29, 1.82) is 0 Å². The Morgan fingerprint density at radius 1 is 1.10 bits per heavy atom. The van der Waals surface area contributed by atoms with Crippen molar-refractivity contribution in [3.8, 4) is 0 Å². The first-order chi connectivity index (χ1) is 7.82. The van der Waals surface area contributed by atoms with Crippen LogP contribution in [-0.2, 0) is 14.4 Å².